The first-order valence-corrected chi connectivity index (χ1v) is 6.39. The van der Waals surface area contributed by atoms with Gasteiger partial charge in [0.05, 0.1) is 15.5 Å². The van der Waals surface area contributed by atoms with Gasteiger partial charge >= 0.3 is 0 Å². The molecule has 1 aromatic rings. The Hall–Kier alpha value is -1.37. The van der Waals surface area contributed by atoms with Crippen LogP contribution in [0.3, 0.4) is 0 Å². The van der Waals surface area contributed by atoms with E-state index >= 15 is 0 Å². The van der Waals surface area contributed by atoms with Crippen molar-refractivity contribution in [1.29, 1.82) is 0 Å². The van der Waals surface area contributed by atoms with Crippen LogP contribution in [0.15, 0.2) is 12.1 Å². The Morgan fingerprint density at radius 2 is 2.11 bits per heavy atom. The monoisotopic (exact) mass is 286 g/mol. The van der Waals surface area contributed by atoms with Gasteiger partial charge in [-0.05, 0) is 24.8 Å². The van der Waals surface area contributed by atoms with Crippen LogP contribution in [0.25, 0.3) is 0 Å². The van der Waals surface area contributed by atoms with Gasteiger partial charge in [-0.1, -0.05) is 11.6 Å². The molecule has 0 bridgehead atoms. The third-order valence-electron chi connectivity index (χ3n) is 3.45. The third-order valence-corrected chi connectivity index (χ3v) is 3.75. The minimum Gasteiger partial charge on any atom is -0.506 e. The lowest BCUT2D eigenvalue weighted by atomic mass is 9.86. The molecule has 1 atom stereocenters. The summed E-state index contributed by atoms with van der Waals surface area (Å²) in [5.74, 6) is -0.258. The van der Waals surface area contributed by atoms with Crippen molar-refractivity contribution >= 4 is 17.3 Å². The standard InChI is InChI=1S/C12H15ClN2O4/c13-8-1-2-9(15(17)18)10(12(8)16)11(14)7-3-5-19-6-4-7/h1-2,7,11,16H,3-6,14H2/t11-/m0/s1. The highest BCUT2D eigenvalue weighted by atomic mass is 35.5. The zero-order chi connectivity index (χ0) is 14.0. The Labute approximate surface area is 115 Å². The van der Waals surface area contributed by atoms with Crippen molar-refractivity contribution in [2.24, 2.45) is 11.7 Å². The molecule has 1 heterocycles. The number of rotatable bonds is 3. The van der Waals surface area contributed by atoms with Crippen LogP contribution in [0.5, 0.6) is 5.75 Å². The van der Waals surface area contributed by atoms with Gasteiger partial charge in [-0.3, -0.25) is 10.1 Å². The maximum absolute atomic E-state index is 11.0. The molecule has 0 spiro atoms. The van der Waals surface area contributed by atoms with Crippen LogP contribution in [0.1, 0.15) is 24.4 Å². The SMILES string of the molecule is N[C@H](c1c([N+](=O)[O-])ccc(Cl)c1O)C1CCOCC1. The molecule has 19 heavy (non-hydrogen) atoms. The van der Waals surface area contributed by atoms with Crippen LogP contribution in [0, 0.1) is 16.0 Å². The molecule has 1 fully saturated rings. The van der Waals surface area contributed by atoms with Gasteiger partial charge < -0.3 is 15.6 Å². The summed E-state index contributed by atoms with van der Waals surface area (Å²) in [7, 11) is 0. The first-order chi connectivity index (χ1) is 9.02. The normalized spacial score (nSPS) is 18.2. The van der Waals surface area contributed by atoms with Crippen LogP contribution in [0.4, 0.5) is 5.69 Å². The van der Waals surface area contributed by atoms with Crippen molar-refractivity contribution in [2.45, 2.75) is 18.9 Å². The number of hydrogen-bond acceptors (Lipinski definition) is 5. The summed E-state index contributed by atoms with van der Waals surface area (Å²) in [5.41, 5.74) is 6.02. The summed E-state index contributed by atoms with van der Waals surface area (Å²) < 4.78 is 5.24. The van der Waals surface area contributed by atoms with Crippen molar-refractivity contribution < 1.29 is 14.8 Å². The average molecular weight is 287 g/mol. The number of aromatic hydroxyl groups is 1. The summed E-state index contributed by atoms with van der Waals surface area (Å²) in [6, 6.07) is 1.95. The van der Waals surface area contributed by atoms with Crippen LogP contribution < -0.4 is 5.73 Å². The van der Waals surface area contributed by atoms with Crippen LogP contribution in [0.2, 0.25) is 5.02 Å². The third kappa shape index (κ3) is 2.80. The van der Waals surface area contributed by atoms with E-state index in [9.17, 15) is 15.2 Å². The predicted octanol–water partition coefficient (Wildman–Crippen LogP) is 2.38. The lowest BCUT2D eigenvalue weighted by molar-refractivity contribution is -0.385. The Balaban J connectivity index is 2.41. The second kappa shape index (κ2) is 5.73. The number of nitrogens with zero attached hydrogens (tertiary/aromatic N) is 1. The Kier molecular flexibility index (Phi) is 4.24. The molecule has 7 heteroatoms. The van der Waals surface area contributed by atoms with Gasteiger partial charge in [-0.15, -0.1) is 0 Å². The van der Waals surface area contributed by atoms with Gasteiger partial charge in [-0.2, -0.15) is 0 Å². The number of nitro groups is 1. The molecular weight excluding hydrogens is 272 g/mol. The zero-order valence-electron chi connectivity index (χ0n) is 10.2. The predicted molar refractivity (Wildman–Crippen MR) is 70.2 cm³/mol. The number of hydrogen-bond donors (Lipinski definition) is 2. The van der Waals surface area contributed by atoms with E-state index in [1.54, 1.807) is 0 Å². The largest absolute Gasteiger partial charge is 0.506 e. The van der Waals surface area contributed by atoms with Crippen molar-refractivity contribution in [3.63, 3.8) is 0 Å². The second-order valence-corrected chi connectivity index (χ2v) is 4.97. The molecule has 1 aromatic carbocycles. The Bertz CT molecular complexity index is 489. The summed E-state index contributed by atoms with van der Waals surface area (Å²) in [6.07, 6.45) is 1.43. The number of phenols is 1. The fraction of sp³-hybridized carbons (Fsp3) is 0.500. The number of halogens is 1. The van der Waals surface area contributed by atoms with Crippen molar-refractivity contribution in [1.82, 2.24) is 0 Å². The van der Waals surface area contributed by atoms with Gasteiger partial charge in [-0.25, -0.2) is 0 Å². The highest BCUT2D eigenvalue weighted by Crippen LogP contribution is 2.41. The lowest BCUT2D eigenvalue weighted by Gasteiger charge is -2.28. The molecule has 0 aromatic heterocycles. The number of nitro benzene ring substituents is 1. The van der Waals surface area contributed by atoms with Crippen LogP contribution in [-0.2, 0) is 4.74 Å². The van der Waals surface area contributed by atoms with Crippen LogP contribution >= 0.6 is 11.6 Å². The second-order valence-electron chi connectivity index (χ2n) is 4.56. The lowest BCUT2D eigenvalue weighted by Crippen LogP contribution is -2.28. The molecule has 3 N–H and O–H groups in total. The van der Waals surface area contributed by atoms with Crippen LogP contribution in [-0.4, -0.2) is 23.2 Å². The Morgan fingerprint density at radius 1 is 1.47 bits per heavy atom. The fourth-order valence-electron chi connectivity index (χ4n) is 2.37. The van der Waals surface area contributed by atoms with E-state index in [1.807, 2.05) is 0 Å². The van der Waals surface area contributed by atoms with E-state index in [0.717, 1.165) is 0 Å². The van der Waals surface area contributed by atoms with E-state index in [2.05, 4.69) is 0 Å². The summed E-state index contributed by atoms with van der Waals surface area (Å²) in [5, 5.41) is 21.1. The molecule has 2 rings (SSSR count). The quantitative estimate of drug-likeness (QED) is 0.656. The van der Waals surface area contributed by atoms with E-state index < -0.39 is 11.0 Å². The minimum absolute atomic E-state index is 0.0387. The summed E-state index contributed by atoms with van der Waals surface area (Å²) >= 11 is 5.82. The topological polar surface area (TPSA) is 98.6 Å². The molecule has 1 aliphatic heterocycles. The van der Waals surface area contributed by atoms with Gasteiger partial charge in [0.2, 0.25) is 0 Å². The molecule has 0 saturated carbocycles. The molecule has 1 saturated heterocycles. The molecule has 1 aliphatic rings. The summed E-state index contributed by atoms with van der Waals surface area (Å²) in [4.78, 5) is 10.5. The molecule has 0 unspecified atom stereocenters. The van der Waals surface area contributed by atoms with Gasteiger partial charge in [0.25, 0.3) is 5.69 Å². The number of nitrogens with two attached hydrogens (primary N) is 1. The highest BCUT2D eigenvalue weighted by molar-refractivity contribution is 6.32. The zero-order valence-corrected chi connectivity index (χ0v) is 11.0. The highest BCUT2D eigenvalue weighted by Gasteiger charge is 2.31. The first-order valence-electron chi connectivity index (χ1n) is 6.01. The van der Waals surface area contributed by atoms with E-state index in [0.29, 0.717) is 26.1 Å². The van der Waals surface area contributed by atoms with Gasteiger partial charge in [0.1, 0.15) is 5.75 Å². The molecule has 104 valence electrons. The Morgan fingerprint density at radius 3 is 2.68 bits per heavy atom. The van der Waals surface area contributed by atoms with E-state index in [-0.39, 0.29) is 27.9 Å². The first kappa shape index (κ1) is 14.0. The maximum atomic E-state index is 11.0. The molecule has 6 nitrogen and oxygen atoms in total. The maximum Gasteiger partial charge on any atom is 0.278 e. The number of phenolic OH excluding ortho intramolecular Hbond substituents is 1. The number of ether oxygens (including phenoxy) is 1. The van der Waals surface area contributed by atoms with Crippen molar-refractivity contribution in [2.75, 3.05) is 13.2 Å². The van der Waals surface area contributed by atoms with E-state index in [1.165, 1.54) is 12.1 Å². The number of benzene rings is 1. The molecule has 0 amide bonds. The molecule has 0 aliphatic carbocycles. The van der Waals surface area contributed by atoms with Gasteiger partial charge in [0.15, 0.2) is 0 Å². The van der Waals surface area contributed by atoms with Crippen molar-refractivity contribution in [3.8, 4) is 5.75 Å². The minimum atomic E-state index is -0.622. The smallest absolute Gasteiger partial charge is 0.278 e. The molecular formula is C12H15ClN2O4. The van der Waals surface area contributed by atoms with Gasteiger partial charge in [0, 0.05) is 25.3 Å². The average Bonchev–Trinajstić information content (AvgIpc) is 2.41. The van der Waals surface area contributed by atoms with Crippen molar-refractivity contribution in [3.05, 3.63) is 32.8 Å². The fourth-order valence-corrected chi connectivity index (χ4v) is 2.53. The summed E-state index contributed by atoms with van der Waals surface area (Å²) in [6.45, 7) is 1.15. The van der Waals surface area contributed by atoms with E-state index in [4.69, 9.17) is 22.1 Å². The molecule has 0 radical (unpaired) electrons.